The molecule has 0 aliphatic rings. The van der Waals surface area contributed by atoms with Gasteiger partial charge in [0, 0.05) is 33.8 Å². The molecule has 3 aromatic carbocycles. The van der Waals surface area contributed by atoms with E-state index in [4.69, 9.17) is 27.9 Å². The number of halogens is 2. The van der Waals surface area contributed by atoms with Crippen LogP contribution in [0.5, 0.6) is 5.75 Å². The monoisotopic (exact) mass is 403 g/mol. The molecule has 0 aliphatic carbocycles. The lowest BCUT2D eigenvalue weighted by Gasteiger charge is -2.19. The summed E-state index contributed by atoms with van der Waals surface area (Å²) in [5.41, 5.74) is 1.83. The zero-order chi connectivity index (χ0) is 19.2. The molecule has 3 nitrogen and oxygen atoms in total. The molecule has 1 atom stereocenters. The Bertz CT molecular complexity index is 890. The fourth-order valence-electron chi connectivity index (χ4n) is 3.04. The van der Waals surface area contributed by atoms with E-state index >= 15 is 0 Å². The number of aliphatic hydroxyl groups excluding tert-OH is 1. The van der Waals surface area contributed by atoms with Crippen LogP contribution >= 0.6 is 23.2 Å². The van der Waals surface area contributed by atoms with Gasteiger partial charge in [-0.1, -0.05) is 66.5 Å². The van der Waals surface area contributed by atoms with Gasteiger partial charge in [-0.15, -0.1) is 0 Å². The van der Waals surface area contributed by atoms with E-state index in [-0.39, 0.29) is 12.6 Å². The van der Waals surface area contributed by atoms with Crippen molar-refractivity contribution in [3.05, 3.63) is 75.8 Å². The summed E-state index contributed by atoms with van der Waals surface area (Å²) < 4.78 is 6.12. The smallest absolute Gasteiger partial charge is 0.124 e. The molecule has 0 aliphatic heterocycles. The summed E-state index contributed by atoms with van der Waals surface area (Å²) in [5.74, 6) is 0.782. The van der Waals surface area contributed by atoms with Gasteiger partial charge in [0.1, 0.15) is 12.4 Å². The number of fused-ring (bicyclic) bond motifs is 1. The Morgan fingerprint density at radius 3 is 2.41 bits per heavy atom. The van der Waals surface area contributed by atoms with Crippen molar-refractivity contribution in [1.82, 2.24) is 5.32 Å². The largest absolute Gasteiger partial charge is 0.488 e. The van der Waals surface area contributed by atoms with E-state index in [1.54, 1.807) is 0 Å². The van der Waals surface area contributed by atoms with Crippen molar-refractivity contribution in [2.24, 2.45) is 0 Å². The zero-order valence-electron chi connectivity index (χ0n) is 15.2. The first-order chi connectivity index (χ1) is 13.1. The SMILES string of the molecule is CC[C@@H](CO)NCc1c(OCc2c(Cl)cccc2Cl)ccc2ccccc12. The molecule has 0 saturated heterocycles. The van der Waals surface area contributed by atoms with Gasteiger partial charge in [-0.05, 0) is 35.4 Å². The lowest BCUT2D eigenvalue weighted by Crippen LogP contribution is -2.31. The summed E-state index contributed by atoms with van der Waals surface area (Å²) in [5, 5.41) is 16.3. The average Bonchev–Trinajstić information content (AvgIpc) is 2.69. The molecule has 27 heavy (non-hydrogen) atoms. The number of benzene rings is 3. The number of hydrogen-bond acceptors (Lipinski definition) is 3. The van der Waals surface area contributed by atoms with Crippen molar-refractivity contribution < 1.29 is 9.84 Å². The molecule has 0 heterocycles. The van der Waals surface area contributed by atoms with Crippen LogP contribution in [0, 0.1) is 0 Å². The molecule has 2 N–H and O–H groups in total. The second-order valence-corrected chi connectivity index (χ2v) is 7.24. The first kappa shape index (κ1) is 20.0. The van der Waals surface area contributed by atoms with Gasteiger partial charge in [-0.3, -0.25) is 0 Å². The Morgan fingerprint density at radius 2 is 1.70 bits per heavy atom. The van der Waals surface area contributed by atoms with Crippen molar-refractivity contribution in [2.45, 2.75) is 32.5 Å². The highest BCUT2D eigenvalue weighted by Gasteiger charge is 2.13. The Balaban J connectivity index is 1.90. The van der Waals surface area contributed by atoms with Crippen LogP contribution in [0.2, 0.25) is 10.0 Å². The third kappa shape index (κ3) is 4.74. The quantitative estimate of drug-likeness (QED) is 0.515. The van der Waals surface area contributed by atoms with Gasteiger partial charge in [0.25, 0.3) is 0 Å². The molecule has 3 rings (SSSR count). The highest BCUT2D eigenvalue weighted by molar-refractivity contribution is 6.35. The zero-order valence-corrected chi connectivity index (χ0v) is 16.7. The minimum Gasteiger partial charge on any atom is -0.488 e. The first-order valence-corrected chi connectivity index (χ1v) is 9.80. The van der Waals surface area contributed by atoms with E-state index < -0.39 is 0 Å². The van der Waals surface area contributed by atoms with Gasteiger partial charge in [-0.25, -0.2) is 0 Å². The molecular weight excluding hydrogens is 381 g/mol. The lowest BCUT2D eigenvalue weighted by molar-refractivity contribution is 0.237. The van der Waals surface area contributed by atoms with Gasteiger partial charge in [0.15, 0.2) is 0 Å². The number of hydrogen-bond donors (Lipinski definition) is 2. The van der Waals surface area contributed by atoms with Gasteiger partial charge in [-0.2, -0.15) is 0 Å². The number of rotatable bonds is 8. The van der Waals surface area contributed by atoms with Crippen LogP contribution in [0.1, 0.15) is 24.5 Å². The van der Waals surface area contributed by atoms with Crippen molar-refractivity contribution in [1.29, 1.82) is 0 Å². The van der Waals surface area contributed by atoms with Gasteiger partial charge < -0.3 is 15.2 Å². The van der Waals surface area contributed by atoms with Crippen LogP contribution in [0.25, 0.3) is 10.8 Å². The second kappa shape index (κ2) is 9.43. The Hall–Kier alpha value is -1.78. The van der Waals surface area contributed by atoms with Gasteiger partial charge in [0.05, 0.1) is 6.61 Å². The molecule has 5 heteroatoms. The third-order valence-corrected chi connectivity index (χ3v) is 5.42. The van der Waals surface area contributed by atoms with E-state index in [2.05, 4.69) is 17.4 Å². The van der Waals surface area contributed by atoms with Crippen LogP contribution < -0.4 is 10.1 Å². The maximum atomic E-state index is 9.48. The maximum absolute atomic E-state index is 9.48. The molecule has 0 saturated carbocycles. The van der Waals surface area contributed by atoms with Crippen LogP contribution in [0.4, 0.5) is 0 Å². The molecule has 142 valence electrons. The van der Waals surface area contributed by atoms with Gasteiger partial charge >= 0.3 is 0 Å². The predicted octanol–water partition coefficient (Wildman–Crippen LogP) is 5.59. The number of nitrogens with one attached hydrogen (secondary N) is 1. The Kier molecular flexibility index (Phi) is 6.97. The van der Waals surface area contributed by atoms with Crippen LogP contribution in [-0.2, 0) is 13.2 Å². The van der Waals surface area contributed by atoms with Crippen LogP contribution in [0.3, 0.4) is 0 Å². The Morgan fingerprint density at radius 1 is 0.963 bits per heavy atom. The van der Waals surface area contributed by atoms with Gasteiger partial charge in [0.2, 0.25) is 0 Å². The second-order valence-electron chi connectivity index (χ2n) is 6.42. The average molecular weight is 404 g/mol. The molecule has 0 fully saturated rings. The molecule has 3 aromatic rings. The fourth-order valence-corrected chi connectivity index (χ4v) is 3.54. The maximum Gasteiger partial charge on any atom is 0.124 e. The van der Waals surface area contributed by atoms with Crippen LogP contribution in [0.15, 0.2) is 54.6 Å². The molecular formula is C22H23Cl2NO2. The molecule has 0 unspecified atom stereocenters. The summed E-state index contributed by atoms with van der Waals surface area (Å²) in [6.45, 7) is 3.05. The molecule has 0 radical (unpaired) electrons. The topological polar surface area (TPSA) is 41.5 Å². The van der Waals surface area contributed by atoms with Crippen molar-refractivity contribution in [3.63, 3.8) is 0 Å². The lowest BCUT2D eigenvalue weighted by atomic mass is 10.0. The number of aliphatic hydroxyl groups is 1. The minimum atomic E-state index is 0.0508. The molecule has 0 spiro atoms. The van der Waals surface area contributed by atoms with Crippen molar-refractivity contribution >= 4 is 34.0 Å². The first-order valence-electron chi connectivity index (χ1n) is 9.04. The van der Waals surface area contributed by atoms with E-state index in [9.17, 15) is 5.11 Å². The summed E-state index contributed by atoms with van der Waals surface area (Å²) in [6, 6.07) is 17.7. The van der Waals surface area contributed by atoms with E-state index in [0.29, 0.717) is 23.2 Å². The molecule has 0 bridgehead atoms. The summed E-state index contributed by atoms with van der Waals surface area (Å²) in [7, 11) is 0. The van der Waals surface area contributed by atoms with Crippen LogP contribution in [-0.4, -0.2) is 17.8 Å². The normalized spacial score (nSPS) is 12.3. The third-order valence-electron chi connectivity index (χ3n) is 4.71. The highest BCUT2D eigenvalue weighted by Crippen LogP contribution is 2.31. The predicted molar refractivity (Wildman–Crippen MR) is 113 cm³/mol. The Labute approximate surface area is 169 Å². The minimum absolute atomic E-state index is 0.0508. The summed E-state index contributed by atoms with van der Waals surface area (Å²) >= 11 is 12.5. The molecule has 0 amide bonds. The van der Waals surface area contributed by atoms with E-state index in [1.165, 1.54) is 0 Å². The van der Waals surface area contributed by atoms with Crippen molar-refractivity contribution in [2.75, 3.05) is 6.61 Å². The summed E-state index contributed by atoms with van der Waals surface area (Å²) in [6.07, 6.45) is 0.854. The van der Waals surface area contributed by atoms with Crippen molar-refractivity contribution in [3.8, 4) is 5.75 Å². The summed E-state index contributed by atoms with van der Waals surface area (Å²) in [4.78, 5) is 0. The van der Waals surface area contributed by atoms with E-state index in [1.807, 2.05) is 49.4 Å². The number of ether oxygens (including phenoxy) is 1. The van der Waals surface area contributed by atoms with E-state index in [0.717, 1.165) is 34.1 Å². The standard InChI is InChI=1S/C22H23Cl2NO2/c1-2-16(13-26)25-12-18-17-7-4-3-6-15(17)10-11-22(18)27-14-19-20(23)8-5-9-21(19)24/h3-11,16,25-26H,2,12-14H2,1H3/t16-/m0/s1. The molecule has 0 aromatic heterocycles. The fraction of sp³-hybridized carbons (Fsp3) is 0.273. The highest BCUT2D eigenvalue weighted by atomic mass is 35.5.